The number of carbonyl (C=O) groups is 1. The van der Waals surface area contributed by atoms with Crippen LogP contribution in [-0.2, 0) is 21.1 Å². The third-order valence-electron chi connectivity index (χ3n) is 3.26. The topological polar surface area (TPSA) is 63.2 Å². The molecule has 0 saturated carbocycles. The first-order valence-corrected chi connectivity index (χ1v) is 8.28. The smallest absolute Gasteiger partial charge is 0.153 e. The number of rotatable bonds is 4. The summed E-state index contributed by atoms with van der Waals surface area (Å²) in [5.41, 5.74) is 2.12. The van der Waals surface area contributed by atoms with E-state index in [4.69, 9.17) is 0 Å². The summed E-state index contributed by atoms with van der Waals surface area (Å²) in [4.78, 5) is 12.0. The van der Waals surface area contributed by atoms with Crippen molar-refractivity contribution in [2.45, 2.75) is 25.8 Å². The summed E-state index contributed by atoms with van der Waals surface area (Å²) >= 11 is 0. The lowest BCUT2D eigenvalue weighted by atomic mass is 10.0. The van der Waals surface area contributed by atoms with Gasteiger partial charge in [0.15, 0.2) is 9.84 Å². The SMILES string of the molecule is Cc1cccc(CC(=O)CC2CS(=O)(=O)CCN2)c1. The maximum atomic E-state index is 12.0. The van der Waals surface area contributed by atoms with Gasteiger partial charge in [-0.1, -0.05) is 29.8 Å². The molecule has 0 radical (unpaired) electrons. The average molecular weight is 281 g/mol. The van der Waals surface area contributed by atoms with Gasteiger partial charge in [0.1, 0.15) is 5.78 Å². The quantitative estimate of drug-likeness (QED) is 0.890. The Morgan fingerprint density at radius 2 is 2.21 bits per heavy atom. The van der Waals surface area contributed by atoms with Crippen molar-refractivity contribution in [2.75, 3.05) is 18.1 Å². The van der Waals surface area contributed by atoms with Gasteiger partial charge in [-0.2, -0.15) is 0 Å². The summed E-state index contributed by atoms with van der Waals surface area (Å²) in [7, 11) is -2.97. The van der Waals surface area contributed by atoms with E-state index in [1.165, 1.54) is 0 Å². The molecule has 1 saturated heterocycles. The van der Waals surface area contributed by atoms with Gasteiger partial charge in [-0.15, -0.1) is 0 Å². The molecule has 1 aliphatic heterocycles. The van der Waals surface area contributed by atoms with Crippen molar-refractivity contribution in [3.63, 3.8) is 0 Å². The van der Waals surface area contributed by atoms with Gasteiger partial charge in [-0.25, -0.2) is 8.42 Å². The van der Waals surface area contributed by atoms with Crippen molar-refractivity contribution >= 4 is 15.6 Å². The lowest BCUT2D eigenvalue weighted by molar-refractivity contribution is -0.118. The van der Waals surface area contributed by atoms with E-state index in [0.717, 1.165) is 11.1 Å². The fraction of sp³-hybridized carbons (Fsp3) is 0.500. The minimum atomic E-state index is -2.97. The molecule has 1 atom stereocenters. The van der Waals surface area contributed by atoms with Crippen molar-refractivity contribution < 1.29 is 13.2 Å². The van der Waals surface area contributed by atoms with E-state index in [1.807, 2.05) is 31.2 Å². The van der Waals surface area contributed by atoms with Gasteiger partial charge in [0.25, 0.3) is 0 Å². The van der Waals surface area contributed by atoms with Crippen LogP contribution in [0.2, 0.25) is 0 Å². The van der Waals surface area contributed by atoms with Crippen molar-refractivity contribution in [1.82, 2.24) is 5.32 Å². The molecule has 4 nitrogen and oxygen atoms in total. The Hall–Kier alpha value is -1.20. The van der Waals surface area contributed by atoms with E-state index in [0.29, 0.717) is 13.0 Å². The van der Waals surface area contributed by atoms with Gasteiger partial charge in [-0.3, -0.25) is 4.79 Å². The second kappa shape index (κ2) is 5.84. The molecular formula is C14H19NO3S. The summed E-state index contributed by atoms with van der Waals surface area (Å²) in [6.45, 7) is 2.44. The summed E-state index contributed by atoms with van der Waals surface area (Å²) in [6.07, 6.45) is 0.660. The highest BCUT2D eigenvalue weighted by Crippen LogP contribution is 2.10. The van der Waals surface area contributed by atoms with Crippen LogP contribution >= 0.6 is 0 Å². The highest BCUT2D eigenvalue weighted by atomic mass is 32.2. The molecule has 1 N–H and O–H groups in total. The molecule has 0 aromatic heterocycles. The fourth-order valence-corrected chi connectivity index (χ4v) is 3.84. The minimum Gasteiger partial charge on any atom is -0.312 e. The monoisotopic (exact) mass is 281 g/mol. The van der Waals surface area contributed by atoms with Gasteiger partial charge in [0.05, 0.1) is 11.5 Å². The van der Waals surface area contributed by atoms with Crippen LogP contribution in [0.5, 0.6) is 0 Å². The Kier molecular flexibility index (Phi) is 4.37. The van der Waals surface area contributed by atoms with Crippen molar-refractivity contribution in [1.29, 1.82) is 0 Å². The summed E-state index contributed by atoms with van der Waals surface area (Å²) in [6, 6.07) is 7.61. The zero-order valence-electron chi connectivity index (χ0n) is 11.1. The zero-order chi connectivity index (χ0) is 13.9. The predicted octanol–water partition coefficient (Wildman–Crippen LogP) is 0.883. The molecule has 19 heavy (non-hydrogen) atoms. The number of hydrogen-bond donors (Lipinski definition) is 1. The van der Waals surface area contributed by atoms with Gasteiger partial charge in [0, 0.05) is 25.4 Å². The van der Waals surface area contributed by atoms with Crippen LogP contribution in [0.25, 0.3) is 0 Å². The molecule has 104 valence electrons. The molecule has 1 heterocycles. The first-order valence-electron chi connectivity index (χ1n) is 6.46. The molecule has 1 aromatic rings. The Balaban J connectivity index is 1.91. The number of benzene rings is 1. The second-order valence-electron chi connectivity index (χ2n) is 5.17. The number of nitrogens with one attached hydrogen (secondary N) is 1. The Morgan fingerprint density at radius 1 is 1.42 bits per heavy atom. The first kappa shape index (κ1) is 14.2. The lowest BCUT2D eigenvalue weighted by Gasteiger charge is -2.23. The fourth-order valence-electron chi connectivity index (χ4n) is 2.40. The Labute approximate surface area is 114 Å². The highest BCUT2D eigenvalue weighted by molar-refractivity contribution is 7.91. The molecular weight excluding hydrogens is 262 g/mol. The van der Waals surface area contributed by atoms with Crippen LogP contribution < -0.4 is 5.32 Å². The summed E-state index contributed by atoms with van der Waals surface area (Å²) in [5, 5.41) is 3.10. The Bertz CT molecular complexity index is 566. The van der Waals surface area contributed by atoms with Gasteiger partial charge >= 0.3 is 0 Å². The maximum absolute atomic E-state index is 12.0. The van der Waals surface area contributed by atoms with Crippen molar-refractivity contribution in [3.8, 4) is 0 Å². The van der Waals surface area contributed by atoms with E-state index in [1.54, 1.807) is 0 Å². The molecule has 1 aliphatic rings. The van der Waals surface area contributed by atoms with E-state index in [2.05, 4.69) is 5.32 Å². The first-order chi connectivity index (χ1) is 8.94. The van der Waals surface area contributed by atoms with E-state index < -0.39 is 9.84 Å². The molecule has 2 rings (SSSR count). The van der Waals surface area contributed by atoms with E-state index in [-0.39, 0.29) is 29.8 Å². The van der Waals surface area contributed by atoms with E-state index in [9.17, 15) is 13.2 Å². The minimum absolute atomic E-state index is 0.0759. The summed E-state index contributed by atoms with van der Waals surface area (Å²) in [5.74, 6) is 0.336. The second-order valence-corrected chi connectivity index (χ2v) is 7.40. The number of Topliss-reactive ketones (excluding diaryl/α,β-unsaturated/α-hetero) is 1. The van der Waals surface area contributed by atoms with Crippen LogP contribution in [0.1, 0.15) is 17.5 Å². The predicted molar refractivity (Wildman–Crippen MR) is 75.0 cm³/mol. The third-order valence-corrected chi connectivity index (χ3v) is 5.00. The van der Waals surface area contributed by atoms with Gasteiger partial charge < -0.3 is 5.32 Å². The van der Waals surface area contributed by atoms with Crippen LogP contribution in [0.15, 0.2) is 24.3 Å². The maximum Gasteiger partial charge on any atom is 0.153 e. The normalized spacial score (nSPS) is 22.1. The Morgan fingerprint density at radius 3 is 2.89 bits per heavy atom. The van der Waals surface area contributed by atoms with Gasteiger partial charge in [-0.05, 0) is 12.5 Å². The molecule has 0 amide bonds. The van der Waals surface area contributed by atoms with Crippen LogP contribution in [0.4, 0.5) is 0 Å². The van der Waals surface area contributed by atoms with Crippen LogP contribution in [-0.4, -0.2) is 38.3 Å². The van der Waals surface area contributed by atoms with Crippen LogP contribution in [0, 0.1) is 6.92 Å². The highest BCUT2D eigenvalue weighted by Gasteiger charge is 2.25. The van der Waals surface area contributed by atoms with E-state index >= 15 is 0 Å². The molecule has 1 unspecified atom stereocenters. The summed E-state index contributed by atoms with van der Waals surface area (Å²) < 4.78 is 23.0. The zero-order valence-corrected chi connectivity index (χ0v) is 11.9. The lowest BCUT2D eigenvalue weighted by Crippen LogP contribution is -2.46. The number of ketones is 1. The number of carbonyl (C=O) groups excluding carboxylic acids is 1. The molecule has 0 spiro atoms. The number of sulfone groups is 1. The molecule has 5 heteroatoms. The van der Waals surface area contributed by atoms with Crippen molar-refractivity contribution in [2.24, 2.45) is 0 Å². The average Bonchev–Trinajstić information content (AvgIpc) is 2.27. The largest absolute Gasteiger partial charge is 0.312 e. The number of aryl methyl sites for hydroxylation is 1. The molecule has 1 aromatic carbocycles. The number of hydrogen-bond acceptors (Lipinski definition) is 4. The van der Waals surface area contributed by atoms with Gasteiger partial charge in [0.2, 0.25) is 0 Å². The van der Waals surface area contributed by atoms with Crippen LogP contribution in [0.3, 0.4) is 0 Å². The molecule has 0 bridgehead atoms. The molecule has 1 fully saturated rings. The standard InChI is InChI=1S/C14H19NO3S/c1-11-3-2-4-12(7-11)8-14(16)9-13-10-19(17,18)6-5-15-13/h2-4,7,13,15H,5-6,8-10H2,1H3. The molecule has 0 aliphatic carbocycles. The van der Waals surface area contributed by atoms with Crippen molar-refractivity contribution in [3.05, 3.63) is 35.4 Å². The third kappa shape index (κ3) is 4.44.